The van der Waals surface area contributed by atoms with E-state index in [4.69, 9.17) is 5.73 Å². The molecule has 1 aliphatic carbocycles. The highest BCUT2D eigenvalue weighted by atomic mass is 32.2. The summed E-state index contributed by atoms with van der Waals surface area (Å²) >= 11 is 0. The SMILES string of the molecule is Nc1nn(-c2ccccc2)c(O)c1/N=N/c1ccc(S(=O)(=O)NC2CCCCC2)cc1. The minimum atomic E-state index is -3.58. The van der Waals surface area contributed by atoms with Crippen molar-refractivity contribution in [3.8, 4) is 11.6 Å². The van der Waals surface area contributed by atoms with Gasteiger partial charge in [-0.05, 0) is 49.2 Å². The van der Waals surface area contributed by atoms with Crippen molar-refractivity contribution in [3.63, 3.8) is 0 Å². The molecule has 162 valence electrons. The predicted molar refractivity (Wildman–Crippen MR) is 117 cm³/mol. The smallest absolute Gasteiger partial charge is 0.245 e. The first-order valence-electron chi connectivity index (χ1n) is 10.1. The number of hydrogen-bond donors (Lipinski definition) is 3. The summed E-state index contributed by atoms with van der Waals surface area (Å²) in [7, 11) is -3.58. The molecule has 1 heterocycles. The standard InChI is InChI=1S/C21H24N6O3S/c22-20-19(21(28)27(25-20)17-9-5-2-6-10-17)24-23-15-11-13-18(14-12-15)31(29,30)26-16-7-3-1-4-8-16/h2,5-6,9-14,16,26,28H,1,3-4,7-8H2,(H2,22,25)/b24-23+. The molecular formula is C21H24N6O3S. The molecule has 0 aliphatic heterocycles. The molecular weight excluding hydrogens is 416 g/mol. The third kappa shape index (κ3) is 4.75. The minimum absolute atomic E-state index is 0.00906. The number of nitrogen functional groups attached to an aromatic ring is 1. The van der Waals surface area contributed by atoms with Gasteiger partial charge in [-0.15, -0.1) is 10.2 Å². The number of benzene rings is 2. The van der Waals surface area contributed by atoms with E-state index >= 15 is 0 Å². The zero-order valence-corrected chi connectivity index (χ0v) is 17.7. The predicted octanol–water partition coefficient (Wildman–Crippen LogP) is 4.19. The molecule has 1 saturated carbocycles. The molecule has 0 amide bonds. The fourth-order valence-corrected chi connectivity index (χ4v) is 4.88. The molecule has 2 aromatic carbocycles. The number of nitrogens with two attached hydrogens (primary N) is 1. The maximum absolute atomic E-state index is 12.6. The monoisotopic (exact) mass is 440 g/mol. The second kappa shape index (κ2) is 8.86. The normalized spacial score (nSPS) is 15.5. The van der Waals surface area contributed by atoms with Crippen molar-refractivity contribution in [3.05, 3.63) is 54.6 Å². The Morgan fingerprint density at radius 1 is 1.00 bits per heavy atom. The lowest BCUT2D eigenvalue weighted by atomic mass is 9.96. The van der Waals surface area contributed by atoms with Crippen molar-refractivity contribution < 1.29 is 13.5 Å². The summed E-state index contributed by atoms with van der Waals surface area (Å²) in [6.45, 7) is 0. The van der Waals surface area contributed by atoms with Crippen molar-refractivity contribution in [2.75, 3.05) is 5.73 Å². The third-order valence-electron chi connectivity index (χ3n) is 5.20. The number of nitrogens with one attached hydrogen (secondary N) is 1. The molecule has 0 saturated heterocycles. The first kappa shape index (κ1) is 21.0. The lowest BCUT2D eigenvalue weighted by Gasteiger charge is -2.22. The molecule has 1 fully saturated rings. The Labute approximate surface area is 180 Å². The number of para-hydroxylation sites is 1. The number of sulfonamides is 1. The van der Waals surface area contributed by atoms with E-state index < -0.39 is 10.0 Å². The summed E-state index contributed by atoms with van der Waals surface area (Å²) in [6, 6.07) is 15.1. The second-order valence-corrected chi connectivity index (χ2v) is 9.17. The van der Waals surface area contributed by atoms with E-state index in [1.54, 1.807) is 24.3 Å². The van der Waals surface area contributed by atoms with E-state index in [0.717, 1.165) is 32.1 Å². The van der Waals surface area contributed by atoms with Crippen molar-refractivity contribution in [2.24, 2.45) is 10.2 Å². The molecule has 4 rings (SSSR count). The molecule has 31 heavy (non-hydrogen) atoms. The van der Waals surface area contributed by atoms with E-state index in [2.05, 4.69) is 20.0 Å². The summed E-state index contributed by atoms with van der Waals surface area (Å²) < 4.78 is 29.2. The van der Waals surface area contributed by atoms with Crippen molar-refractivity contribution in [1.82, 2.24) is 14.5 Å². The van der Waals surface area contributed by atoms with Crippen LogP contribution in [0.3, 0.4) is 0 Å². The van der Waals surface area contributed by atoms with Crippen LogP contribution >= 0.6 is 0 Å². The van der Waals surface area contributed by atoms with Gasteiger partial charge in [0.2, 0.25) is 15.9 Å². The first-order valence-corrected chi connectivity index (χ1v) is 11.6. The highest BCUT2D eigenvalue weighted by Crippen LogP contribution is 2.35. The molecule has 0 atom stereocenters. The van der Waals surface area contributed by atoms with Gasteiger partial charge in [0.25, 0.3) is 0 Å². The Hall–Kier alpha value is -3.24. The van der Waals surface area contributed by atoms with E-state index in [1.807, 2.05) is 18.2 Å². The van der Waals surface area contributed by atoms with Gasteiger partial charge in [0, 0.05) is 6.04 Å². The molecule has 0 unspecified atom stereocenters. The van der Waals surface area contributed by atoms with Crippen molar-refractivity contribution in [2.45, 2.75) is 43.0 Å². The van der Waals surface area contributed by atoms with Crippen LogP contribution in [0.1, 0.15) is 32.1 Å². The number of aromatic nitrogens is 2. The van der Waals surface area contributed by atoms with Gasteiger partial charge in [0.05, 0.1) is 16.3 Å². The van der Waals surface area contributed by atoms with E-state index in [0.29, 0.717) is 11.4 Å². The second-order valence-electron chi connectivity index (χ2n) is 7.45. The summed E-state index contributed by atoms with van der Waals surface area (Å²) in [5, 5.41) is 22.6. The Bertz CT molecular complexity index is 1170. The Morgan fingerprint density at radius 2 is 1.68 bits per heavy atom. The van der Waals surface area contributed by atoms with Gasteiger partial charge < -0.3 is 10.8 Å². The number of aromatic hydroxyl groups is 1. The van der Waals surface area contributed by atoms with E-state index in [1.165, 1.54) is 16.8 Å². The van der Waals surface area contributed by atoms with Crippen LogP contribution in [0.25, 0.3) is 5.69 Å². The average Bonchev–Trinajstić information content (AvgIpc) is 3.07. The number of rotatable bonds is 6. The van der Waals surface area contributed by atoms with Crippen LogP contribution in [0.15, 0.2) is 69.7 Å². The van der Waals surface area contributed by atoms with Gasteiger partial charge in [-0.2, -0.15) is 9.80 Å². The molecule has 4 N–H and O–H groups in total. The van der Waals surface area contributed by atoms with Gasteiger partial charge in [-0.3, -0.25) is 0 Å². The Morgan fingerprint density at radius 3 is 2.35 bits per heavy atom. The summed E-state index contributed by atoms with van der Waals surface area (Å²) in [5.41, 5.74) is 6.97. The lowest BCUT2D eigenvalue weighted by molar-refractivity contribution is 0.412. The molecule has 9 nitrogen and oxygen atoms in total. The fraction of sp³-hybridized carbons (Fsp3) is 0.286. The highest BCUT2D eigenvalue weighted by molar-refractivity contribution is 7.89. The number of hydrogen-bond acceptors (Lipinski definition) is 7. The van der Waals surface area contributed by atoms with Crippen LogP contribution in [0.2, 0.25) is 0 Å². The van der Waals surface area contributed by atoms with Crippen LogP contribution in [-0.4, -0.2) is 29.3 Å². The topological polar surface area (TPSA) is 135 Å². The summed E-state index contributed by atoms with van der Waals surface area (Å²) in [6.07, 6.45) is 4.98. The molecule has 0 bridgehead atoms. The number of anilines is 1. The van der Waals surface area contributed by atoms with Gasteiger partial charge in [0.1, 0.15) is 0 Å². The molecule has 1 aromatic heterocycles. The van der Waals surface area contributed by atoms with E-state index in [-0.39, 0.29) is 28.3 Å². The Kier molecular flexibility index (Phi) is 6.01. The molecule has 1 aliphatic rings. The molecule has 0 spiro atoms. The first-order chi connectivity index (χ1) is 14.9. The number of azo groups is 1. The molecule has 0 radical (unpaired) electrons. The fourth-order valence-electron chi connectivity index (χ4n) is 3.57. The van der Waals surface area contributed by atoms with Crippen molar-refractivity contribution in [1.29, 1.82) is 0 Å². The summed E-state index contributed by atoms with van der Waals surface area (Å²) in [4.78, 5) is 0.177. The number of nitrogens with zero attached hydrogens (tertiary/aromatic N) is 4. The maximum Gasteiger partial charge on any atom is 0.245 e. The van der Waals surface area contributed by atoms with Gasteiger partial charge >= 0.3 is 0 Å². The van der Waals surface area contributed by atoms with Gasteiger partial charge in [-0.1, -0.05) is 37.5 Å². The van der Waals surface area contributed by atoms with Crippen LogP contribution < -0.4 is 10.5 Å². The van der Waals surface area contributed by atoms with Gasteiger partial charge in [-0.25, -0.2) is 13.1 Å². The maximum atomic E-state index is 12.6. The molecule has 3 aromatic rings. The third-order valence-corrected chi connectivity index (χ3v) is 6.74. The zero-order chi connectivity index (χ0) is 21.8. The highest BCUT2D eigenvalue weighted by Gasteiger charge is 2.22. The average molecular weight is 441 g/mol. The lowest BCUT2D eigenvalue weighted by Crippen LogP contribution is -2.36. The largest absolute Gasteiger partial charge is 0.492 e. The Balaban J connectivity index is 1.50. The summed E-state index contributed by atoms with van der Waals surface area (Å²) in [5.74, 6) is -0.204. The van der Waals surface area contributed by atoms with Crippen molar-refractivity contribution >= 4 is 27.2 Å². The van der Waals surface area contributed by atoms with Crippen LogP contribution in [0, 0.1) is 0 Å². The quantitative estimate of drug-likeness (QED) is 0.494. The molecule has 10 heteroatoms. The van der Waals surface area contributed by atoms with E-state index in [9.17, 15) is 13.5 Å². The minimum Gasteiger partial charge on any atom is -0.492 e. The van der Waals surface area contributed by atoms with Crippen LogP contribution in [-0.2, 0) is 10.0 Å². The van der Waals surface area contributed by atoms with Gasteiger partial charge in [0.15, 0.2) is 11.5 Å². The van der Waals surface area contributed by atoms with Crippen LogP contribution in [0.4, 0.5) is 17.2 Å². The van der Waals surface area contributed by atoms with Crippen LogP contribution in [0.5, 0.6) is 5.88 Å². The zero-order valence-electron chi connectivity index (χ0n) is 16.8.